The number of hydrogen-bond donors (Lipinski definition) is 0. The van der Waals surface area contributed by atoms with Crippen molar-refractivity contribution in [3.8, 4) is 5.75 Å². The maximum Gasteiger partial charge on any atom is 0.344 e. The lowest BCUT2D eigenvalue weighted by Gasteiger charge is -2.13. The van der Waals surface area contributed by atoms with Crippen LogP contribution in [0.15, 0.2) is 45.6 Å². The molecular weight excluding hydrogens is 368 g/mol. The quantitative estimate of drug-likeness (QED) is 0.436. The Morgan fingerprint density at radius 1 is 1.00 bits per heavy atom. The smallest absolute Gasteiger partial charge is 0.344 e. The normalized spacial score (nSPS) is 11.1. The molecule has 29 heavy (non-hydrogen) atoms. The van der Waals surface area contributed by atoms with E-state index in [9.17, 15) is 9.59 Å². The third-order valence-electron chi connectivity index (χ3n) is 5.06. The van der Waals surface area contributed by atoms with Crippen molar-refractivity contribution in [1.82, 2.24) is 0 Å². The van der Waals surface area contributed by atoms with Crippen LogP contribution in [0.2, 0.25) is 0 Å². The topological polar surface area (TPSA) is 65.7 Å². The molecule has 0 aliphatic carbocycles. The van der Waals surface area contributed by atoms with Gasteiger partial charge in [-0.2, -0.15) is 0 Å². The molecule has 0 fully saturated rings. The number of fused-ring (bicyclic) bond motifs is 1. The number of benzene rings is 2. The first kappa shape index (κ1) is 20.6. The first-order valence-electron chi connectivity index (χ1n) is 9.67. The first-order chi connectivity index (χ1) is 13.7. The number of carbonyl (C=O) groups excluding carboxylic acids is 1. The molecule has 2 aromatic carbocycles. The van der Waals surface area contributed by atoms with Crippen molar-refractivity contribution in [3.05, 3.63) is 74.6 Å². The number of ether oxygens (including phenoxy) is 2. The van der Waals surface area contributed by atoms with Crippen molar-refractivity contribution in [2.75, 3.05) is 6.61 Å². The summed E-state index contributed by atoms with van der Waals surface area (Å²) in [6.45, 7) is 10.00. The van der Waals surface area contributed by atoms with E-state index in [0.717, 1.165) is 27.6 Å². The van der Waals surface area contributed by atoms with Crippen LogP contribution >= 0.6 is 0 Å². The molecule has 0 aliphatic rings. The van der Waals surface area contributed by atoms with Crippen molar-refractivity contribution in [1.29, 1.82) is 0 Å². The molecule has 0 radical (unpaired) electrons. The minimum absolute atomic E-state index is 0.0161. The number of aryl methyl sites for hydroxylation is 3. The van der Waals surface area contributed by atoms with Crippen molar-refractivity contribution in [3.63, 3.8) is 0 Å². The highest BCUT2D eigenvalue weighted by atomic mass is 16.6. The zero-order chi connectivity index (χ0) is 21.1. The second kappa shape index (κ2) is 8.52. The lowest BCUT2D eigenvalue weighted by atomic mass is 9.95. The Hall–Kier alpha value is -3.08. The highest BCUT2D eigenvalue weighted by molar-refractivity contribution is 5.82. The van der Waals surface area contributed by atoms with Crippen molar-refractivity contribution in [2.24, 2.45) is 0 Å². The molecule has 3 rings (SSSR count). The summed E-state index contributed by atoms with van der Waals surface area (Å²) < 4.78 is 16.2. The summed E-state index contributed by atoms with van der Waals surface area (Å²) in [6.07, 6.45) is 0. The van der Waals surface area contributed by atoms with Crippen LogP contribution in [0, 0.1) is 20.8 Å². The number of rotatable bonds is 6. The summed E-state index contributed by atoms with van der Waals surface area (Å²) in [5.74, 6) is 0.446. The number of hydrogen-bond acceptors (Lipinski definition) is 5. The van der Waals surface area contributed by atoms with Gasteiger partial charge in [-0.1, -0.05) is 19.9 Å². The Bertz CT molecular complexity index is 1110. The van der Waals surface area contributed by atoms with Crippen LogP contribution in [0.4, 0.5) is 0 Å². The largest absolute Gasteiger partial charge is 0.482 e. The maximum absolute atomic E-state index is 12.1. The lowest BCUT2D eigenvalue weighted by Crippen LogP contribution is -2.15. The van der Waals surface area contributed by atoms with E-state index in [1.807, 2.05) is 51.1 Å². The minimum atomic E-state index is -0.499. The monoisotopic (exact) mass is 394 g/mol. The second-order valence-electron chi connectivity index (χ2n) is 7.65. The molecule has 0 saturated carbocycles. The Labute approximate surface area is 170 Å². The van der Waals surface area contributed by atoms with Crippen molar-refractivity contribution >= 4 is 16.9 Å². The van der Waals surface area contributed by atoms with Crippen LogP contribution in [-0.4, -0.2) is 12.6 Å². The second-order valence-corrected chi connectivity index (χ2v) is 7.65. The molecular formula is C24H26O5. The van der Waals surface area contributed by atoms with Gasteiger partial charge in [-0.3, -0.25) is 0 Å². The maximum atomic E-state index is 12.1. The average molecular weight is 394 g/mol. The van der Waals surface area contributed by atoms with E-state index in [1.54, 1.807) is 0 Å². The van der Waals surface area contributed by atoms with Gasteiger partial charge < -0.3 is 13.9 Å². The minimum Gasteiger partial charge on any atom is -0.482 e. The van der Waals surface area contributed by atoms with E-state index < -0.39 is 11.6 Å². The predicted molar refractivity (Wildman–Crippen MR) is 113 cm³/mol. The van der Waals surface area contributed by atoms with E-state index >= 15 is 0 Å². The molecule has 0 spiro atoms. The Balaban J connectivity index is 1.73. The van der Waals surface area contributed by atoms with Gasteiger partial charge in [0.25, 0.3) is 0 Å². The van der Waals surface area contributed by atoms with E-state index in [0.29, 0.717) is 22.8 Å². The van der Waals surface area contributed by atoms with Gasteiger partial charge in [-0.15, -0.1) is 0 Å². The van der Waals surface area contributed by atoms with Crippen LogP contribution in [-0.2, 0) is 16.1 Å². The fraction of sp³-hybridized carbons (Fsp3) is 0.333. The molecule has 152 valence electrons. The molecule has 1 aromatic heterocycles. The highest BCUT2D eigenvalue weighted by Gasteiger charge is 2.13. The molecule has 5 heteroatoms. The summed E-state index contributed by atoms with van der Waals surface area (Å²) in [6, 6.07) is 10.9. The first-order valence-corrected chi connectivity index (χ1v) is 9.67. The van der Waals surface area contributed by atoms with Gasteiger partial charge in [0.1, 0.15) is 17.9 Å². The van der Waals surface area contributed by atoms with Gasteiger partial charge in [-0.05, 0) is 73.2 Å². The molecule has 0 bridgehead atoms. The average Bonchev–Trinajstić information content (AvgIpc) is 2.66. The van der Waals surface area contributed by atoms with Gasteiger partial charge in [0.15, 0.2) is 6.61 Å². The molecule has 0 N–H and O–H groups in total. The predicted octanol–water partition coefficient (Wildman–Crippen LogP) is 4.96. The molecule has 1 heterocycles. The molecule has 3 aromatic rings. The molecule has 0 atom stereocenters. The third kappa shape index (κ3) is 4.86. The fourth-order valence-corrected chi connectivity index (χ4v) is 3.28. The van der Waals surface area contributed by atoms with Gasteiger partial charge in [0.2, 0.25) is 0 Å². The summed E-state index contributed by atoms with van der Waals surface area (Å²) >= 11 is 0. The van der Waals surface area contributed by atoms with E-state index in [1.165, 1.54) is 6.07 Å². The zero-order valence-corrected chi connectivity index (χ0v) is 17.5. The third-order valence-corrected chi connectivity index (χ3v) is 5.06. The molecule has 0 aliphatic heterocycles. The SMILES string of the molecule is Cc1ccc(OCC(=O)OCc2cc(=O)oc3cc(C)c(C(C)C)cc23)cc1C. The van der Waals surface area contributed by atoms with Gasteiger partial charge in [0.05, 0.1) is 0 Å². The van der Waals surface area contributed by atoms with E-state index in [4.69, 9.17) is 13.9 Å². The summed E-state index contributed by atoms with van der Waals surface area (Å²) in [4.78, 5) is 24.1. The van der Waals surface area contributed by atoms with Crippen molar-refractivity contribution in [2.45, 2.75) is 47.1 Å². The van der Waals surface area contributed by atoms with Crippen LogP contribution in [0.1, 0.15) is 47.6 Å². The molecule has 5 nitrogen and oxygen atoms in total. The van der Waals surface area contributed by atoms with Crippen LogP contribution in [0.5, 0.6) is 5.75 Å². The lowest BCUT2D eigenvalue weighted by molar-refractivity contribution is -0.147. The number of carbonyl (C=O) groups is 1. The van der Waals surface area contributed by atoms with Gasteiger partial charge in [0, 0.05) is 17.0 Å². The molecule has 0 amide bonds. The van der Waals surface area contributed by atoms with Gasteiger partial charge >= 0.3 is 11.6 Å². The standard InChI is InChI=1S/C24H26O5/c1-14(2)20-11-21-18(10-23(25)29-22(21)9-17(20)5)12-28-24(26)13-27-19-7-6-15(3)16(4)8-19/h6-11,14H,12-13H2,1-5H3. The summed E-state index contributed by atoms with van der Waals surface area (Å²) in [5.41, 5.74) is 5.13. The van der Waals surface area contributed by atoms with E-state index in [-0.39, 0.29) is 13.2 Å². The Kier molecular flexibility index (Phi) is 6.06. The summed E-state index contributed by atoms with van der Waals surface area (Å²) in [7, 11) is 0. The highest BCUT2D eigenvalue weighted by Crippen LogP contribution is 2.27. The van der Waals surface area contributed by atoms with Crippen molar-refractivity contribution < 1.29 is 18.7 Å². The van der Waals surface area contributed by atoms with Crippen LogP contribution < -0.4 is 10.4 Å². The molecule has 0 unspecified atom stereocenters. The van der Waals surface area contributed by atoms with Gasteiger partial charge in [-0.25, -0.2) is 9.59 Å². The zero-order valence-electron chi connectivity index (χ0n) is 17.5. The van der Waals surface area contributed by atoms with Crippen LogP contribution in [0.25, 0.3) is 11.0 Å². The summed E-state index contributed by atoms with van der Waals surface area (Å²) in [5, 5.41) is 0.779. The number of esters is 1. The fourth-order valence-electron chi connectivity index (χ4n) is 3.28. The van der Waals surface area contributed by atoms with E-state index in [2.05, 4.69) is 13.8 Å². The Morgan fingerprint density at radius 2 is 1.76 bits per heavy atom. The Morgan fingerprint density at radius 3 is 2.45 bits per heavy atom. The van der Waals surface area contributed by atoms with Crippen LogP contribution in [0.3, 0.4) is 0 Å². The molecule has 0 saturated heterocycles.